The Morgan fingerprint density at radius 2 is 1.83 bits per heavy atom. The van der Waals surface area contributed by atoms with E-state index in [-0.39, 0.29) is 11.2 Å². The molecule has 1 N–H and O–H groups in total. The molecule has 2 atom stereocenters. The van der Waals surface area contributed by atoms with Crippen LogP contribution in [0.2, 0.25) is 0 Å². The monoisotopic (exact) mass is 477 g/mol. The molecule has 2 saturated heterocycles. The third-order valence-corrected chi connectivity index (χ3v) is 7.20. The van der Waals surface area contributed by atoms with E-state index >= 15 is 0 Å². The molecule has 0 radical (unpaired) electrons. The van der Waals surface area contributed by atoms with Gasteiger partial charge < -0.3 is 4.90 Å². The Morgan fingerprint density at radius 3 is 2.57 bits per heavy atom. The molecule has 3 heterocycles. The molecule has 35 heavy (non-hydrogen) atoms. The molecule has 2 unspecified atom stereocenters. The summed E-state index contributed by atoms with van der Waals surface area (Å²) in [7, 11) is 0. The summed E-state index contributed by atoms with van der Waals surface area (Å²) in [4.78, 5) is 43.2. The number of hydrogen-bond acceptors (Lipinski definition) is 5. The van der Waals surface area contributed by atoms with Crippen LogP contribution in [0.4, 0.5) is 14.9 Å². The van der Waals surface area contributed by atoms with Crippen LogP contribution in [0.25, 0.3) is 10.8 Å². The van der Waals surface area contributed by atoms with Crippen molar-refractivity contribution in [3.05, 3.63) is 69.9 Å². The number of nitrogens with zero attached hydrogens (tertiary/aromatic N) is 4. The molecule has 0 spiro atoms. The number of hydrogen-bond donors (Lipinski definition) is 1. The zero-order valence-corrected chi connectivity index (χ0v) is 19.8. The largest absolute Gasteiger partial charge is 0.332 e. The van der Waals surface area contributed by atoms with E-state index in [2.05, 4.69) is 22.0 Å². The fraction of sp³-hybridized carbons (Fsp3) is 0.385. The van der Waals surface area contributed by atoms with E-state index in [1.807, 2.05) is 12.1 Å². The Morgan fingerprint density at radius 1 is 1.06 bits per heavy atom. The van der Waals surface area contributed by atoms with Crippen molar-refractivity contribution in [3.8, 4) is 0 Å². The van der Waals surface area contributed by atoms with Gasteiger partial charge in [-0.15, -0.1) is 0 Å². The summed E-state index contributed by atoms with van der Waals surface area (Å²) in [5.41, 5.74) is 0.945. The summed E-state index contributed by atoms with van der Waals surface area (Å²) in [5, 5.41) is 7.90. The topological polar surface area (TPSA) is 89.6 Å². The second-order valence-corrected chi connectivity index (χ2v) is 9.36. The molecule has 9 heteroatoms. The first-order chi connectivity index (χ1) is 16.8. The van der Waals surface area contributed by atoms with Gasteiger partial charge in [0.2, 0.25) is 0 Å². The van der Waals surface area contributed by atoms with E-state index in [0.717, 1.165) is 24.3 Å². The number of H-pyrrole nitrogens is 1. The third-order valence-electron chi connectivity index (χ3n) is 7.20. The molecule has 3 aromatic rings. The number of fused-ring (bicyclic) bond motifs is 1. The van der Waals surface area contributed by atoms with Crippen molar-refractivity contribution in [2.45, 2.75) is 45.2 Å². The van der Waals surface area contributed by atoms with Crippen LogP contribution < -0.4 is 10.5 Å². The van der Waals surface area contributed by atoms with Crippen LogP contribution in [-0.4, -0.2) is 63.7 Å². The summed E-state index contributed by atoms with van der Waals surface area (Å²) in [6.07, 6.45) is 2.56. The predicted octanol–water partition coefficient (Wildman–Crippen LogP) is 3.29. The van der Waals surface area contributed by atoms with Gasteiger partial charge in [-0.05, 0) is 57.0 Å². The first-order valence-corrected chi connectivity index (χ1v) is 12.0. The van der Waals surface area contributed by atoms with E-state index in [1.165, 1.54) is 17.0 Å². The molecule has 2 aliphatic heterocycles. The van der Waals surface area contributed by atoms with Gasteiger partial charge >= 0.3 is 6.03 Å². The molecule has 2 fully saturated rings. The van der Waals surface area contributed by atoms with Gasteiger partial charge in [0.1, 0.15) is 11.9 Å². The fourth-order valence-corrected chi connectivity index (χ4v) is 5.12. The van der Waals surface area contributed by atoms with Gasteiger partial charge in [-0.2, -0.15) is 5.10 Å². The van der Waals surface area contributed by atoms with E-state index in [4.69, 9.17) is 0 Å². The van der Waals surface area contributed by atoms with E-state index < -0.39 is 23.8 Å². The van der Waals surface area contributed by atoms with Crippen LogP contribution in [0.3, 0.4) is 0 Å². The summed E-state index contributed by atoms with van der Waals surface area (Å²) >= 11 is 0. The molecular weight excluding hydrogens is 449 g/mol. The first kappa shape index (κ1) is 23.2. The van der Waals surface area contributed by atoms with E-state index in [9.17, 15) is 18.8 Å². The molecule has 182 valence electrons. The molecule has 0 saturated carbocycles. The van der Waals surface area contributed by atoms with Crippen molar-refractivity contribution in [2.24, 2.45) is 0 Å². The number of imide groups is 1. The highest BCUT2D eigenvalue weighted by Crippen LogP contribution is 2.30. The fourth-order valence-electron chi connectivity index (χ4n) is 5.12. The number of carbonyl (C=O) groups excluding carboxylic acids is 2. The second-order valence-electron chi connectivity index (χ2n) is 9.36. The van der Waals surface area contributed by atoms with Crippen molar-refractivity contribution in [2.75, 3.05) is 24.5 Å². The smallest absolute Gasteiger partial charge is 0.311 e. The molecule has 2 aromatic carbocycles. The summed E-state index contributed by atoms with van der Waals surface area (Å²) < 4.78 is 14.9. The zero-order valence-electron chi connectivity index (χ0n) is 19.8. The summed E-state index contributed by atoms with van der Waals surface area (Å²) in [6, 6.07) is 10.8. The minimum Gasteiger partial charge on any atom is -0.311 e. The first-order valence-electron chi connectivity index (χ1n) is 12.0. The second kappa shape index (κ2) is 9.22. The SMILES string of the molecule is CC1CCCN1CCN1C(=O)N(c2cc(Cc3n[nH]c(=O)c4ccccc34)ccc2F)C(=O)C1C. The number of likely N-dealkylation sites (tertiary alicyclic amines) is 1. The Labute approximate surface area is 202 Å². The van der Waals surface area contributed by atoms with Crippen molar-refractivity contribution < 1.29 is 14.0 Å². The lowest BCUT2D eigenvalue weighted by Gasteiger charge is -2.26. The molecule has 5 rings (SSSR count). The number of anilines is 1. The predicted molar refractivity (Wildman–Crippen MR) is 131 cm³/mol. The lowest BCUT2D eigenvalue weighted by molar-refractivity contribution is -0.119. The molecule has 2 aliphatic rings. The number of urea groups is 1. The Bertz CT molecular complexity index is 1360. The van der Waals surface area contributed by atoms with Crippen molar-refractivity contribution >= 4 is 28.4 Å². The molecule has 3 amide bonds. The van der Waals surface area contributed by atoms with Gasteiger partial charge in [-0.1, -0.05) is 24.3 Å². The van der Waals surface area contributed by atoms with Crippen molar-refractivity contribution in [1.82, 2.24) is 20.0 Å². The number of aromatic nitrogens is 2. The molecule has 1 aromatic heterocycles. The van der Waals surface area contributed by atoms with Crippen LogP contribution >= 0.6 is 0 Å². The average Bonchev–Trinajstić information content (AvgIpc) is 3.35. The van der Waals surface area contributed by atoms with Gasteiger partial charge in [0.25, 0.3) is 11.5 Å². The molecule has 0 aliphatic carbocycles. The summed E-state index contributed by atoms with van der Waals surface area (Å²) in [6.45, 7) is 5.94. The highest BCUT2D eigenvalue weighted by Gasteiger charge is 2.44. The Hall–Kier alpha value is -3.59. The van der Waals surface area contributed by atoms with Gasteiger partial charge in [0.15, 0.2) is 0 Å². The lowest BCUT2D eigenvalue weighted by atomic mass is 10.0. The van der Waals surface area contributed by atoms with Crippen LogP contribution in [0.1, 0.15) is 37.9 Å². The quantitative estimate of drug-likeness (QED) is 0.551. The van der Waals surface area contributed by atoms with E-state index in [1.54, 1.807) is 25.1 Å². The summed E-state index contributed by atoms with van der Waals surface area (Å²) in [5.74, 6) is -1.08. The Balaban J connectivity index is 1.40. The minimum atomic E-state index is -0.659. The Kier molecular flexibility index (Phi) is 6.10. The number of amides is 3. The highest BCUT2D eigenvalue weighted by molar-refractivity contribution is 6.21. The number of nitrogens with one attached hydrogen (secondary N) is 1. The number of aromatic amines is 1. The molecule has 0 bridgehead atoms. The van der Waals surface area contributed by atoms with Crippen LogP contribution in [-0.2, 0) is 11.2 Å². The number of benzene rings is 2. The van der Waals surface area contributed by atoms with Crippen LogP contribution in [0.15, 0.2) is 47.3 Å². The van der Waals surface area contributed by atoms with Crippen molar-refractivity contribution in [3.63, 3.8) is 0 Å². The van der Waals surface area contributed by atoms with Crippen LogP contribution in [0.5, 0.6) is 0 Å². The normalized spacial score (nSPS) is 21.0. The third kappa shape index (κ3) is 4.20. The average molecular weight is 478 g/mol. The lowest BCUT2D eigenvalue weighted by Crippen LogP contribution is -2.41. The van der Waals surface area contributed by atoms with Gasteiger partial charge in [-0.3, -0.25) is 14.5 Å². The van der Waals surface area contributed by atoms with Gasteiger partial charge in [-0.25, -0.2) is 19.2 Å². The molecule has 8 nitrogen and oxygen atoms in total. The minimum absolute atomic E-state index is 0.0601. The number of halogens is 1. The van der Waals surface area contributed by atoms with E-state index in [0.29, 0.717) is 47.6 Å². The number of rotatable bonds is 6. The maximum absolute atomic E-state index is 14.9. The van der Waals surface area contributed by atoms with Crippen LogP contribution in [0, 0.1) is 5.82 Å². The standard InChI is InChI=1S/C26H28FN5O3/c1-16-6-5-11-30(16)12-13-31-17(2)25(34)32(26(31)35)23-15-18(9-10-21(23)27)14-22-19-7-3-4-8-20(19)24(33)29-28-22/h3-4,7-10,15-17H,5-6,11-14H2,1-2H3,(H,29,33). The van der Waals surface area contributed by atoms with Crippen molar-refractivity contribution in [1.29, 1.82) is 0 Å². The highest BCUT2D eigenvalue weighted by atomic mass is 19.1. The van der Waals surface area contributed by atoms with Gasteiger partial charge in [0.05, 0.1) is 16.8 Å². The maximum atomic E-state index is 14.9. The zero-order chi connectivity index (χ0) is 24.7. The van der Waals surface area contributed by atoms with Gasteiger partial charge in [0, 0.05) is 30.9 Å². The number of carbonyl (C=O) groups is 2. The maximum Gasteiger partial charge on any atom is 0.332 e. The molecular formula is C26H28FN5O3.